The van der Waals surface area contributed by atoms with Gasteiger partial charge in [-0.05, 0) is 80.2 Å². The molecule has 0 aromatic heterocycles. The van der Waals surface area contributed by atoms with Gasteiger partial charge in [0.1, 0.15) is 0 Å². The molecule has 8 heteroatoms. The minimum Gasteiger partial charge on any atom is -0.392 e. The molecular formula is C42H55N3O5. The summed E-state index contributed by atoms with van der Waals surface area (Å²) in [4.78, 5) is 28.0. The molecule has 6 rings (SSSR count). The van der Waals surface area contributed by atoms with Crippen LogP contribution in [0.5, 0.6) is 0 Å². The van der Waals surface area contributed by atoms with Crippen LogP contribution in [0.15, 0.2) is 72.8 Å². The lowest BCUT2D eigenvalue weighted by Gasteiger charge is -2.51. The maximum absolute atomic E-state index is 13.8. The number of nitrogens with zero attached hydrogens (tertiary/aromatic N) is 1. The highest BCUT2D eigenvalue weighted by atomic mass is 16.7. The molecule has 8 nitrogen and oxygen atoms in total. The summed E-state index contributed by atoms with van der Waals surface area (Å²) in [6.07, 6.45) is 5.73. The third-order valence-corrected chi connectivity index (χ3v) is 10.9. The topological polar surface area (TPSA) is 100 Å². The predicted octanol–water partition coefficient (Wildman–Crippen LogP) is 7.21. The van der Waals surface area contributed by atoms with Crippen LogP contribution < -0.4 is 10.6 Å². The molecule has 2 heterocycles. The van der Waals surface area contributed by atoms with Crippen molar-refractivity contribution in [2.75, 3.05) is 6.54 Å². The van der Waals surface area contributed by atoms with Gasteiger partial charge < -0.3 is 25.2 Å². The molecule has 0 radical (unpaired) electrons. The molecule has 0 spiro atoms. The Kier molecular flexibility index (Phi) is 11.4. The number of fused-ring (bicyclic) bond motifs is 1. The number of hydrogen-bond acceptors (Lipinski definition) is 6. The van der Waals surface area contributed by atoms with Crippen LogP contribution >= 0.6 is 0 Å². The van der Waals surface area contributed by atoms with Crippen LogP contribution in [0.2, 0.25) is 0 Å². The third kappa shape index (κ3) is 8.48. The van der Waals surface area contributed by atoms with Crippen molar-refractivity contribution in [2.24, 2.45) is 11.8 Å². The van der Waals surface area contributed by atoms with Gasteiger partial charge in [0, 0.05) is 43.1 Å². The van der Waals surface area contributed by atoms with E-state index in [2.05, 4.69) is 85.7 Å². The van der Waals surface area contributed by atoms with Gasteiger partial charge in [-0.2, -0.15) is 0 Å². The van der Waals surface area contributed by atoms with Crippen LogP contribution in [0.4, 0.5) is 0 Å². The lowest BCUT2D eigenvalue weighted by atomic mass is 9.75. The SMILES string of the molecule is CC(=O)NCc1ccccc1-c1ccc(C2OC(CN3C(C(=O)NC(C)(C)C)CCC4CCCCC43)C(C)C(c3ccc(CO)cc3)O2)cc1. The van der Waals surface area contributed by atoms with Crippen molar-refractivity contribution in [3.05, 3.63) is 95.1 Å². The molecule has 2 aliphatic heterocycles. The Balaban J connectivity index is 1.30. The lowest BCUT2D eigenvalue weighted by Crippen LogP contribution is -2.61. The fourth-order valence-corrected chi connectivity index (χ4v) is 8.26. The van der Waals surface area contributed by atoms with Gasteiger partial charge in [0.05, 0.1) is 24.9 Å². The van der Waals surface area contributed by atoms with E-state index in [4.69, 9.17) is 9.47 Å². The van der Waals surface area contributed by atoms with E-state index in [1.54, 1.807) is 0 Å². The van der Waals surface area contributed by atoms with Gasteiger partial charge in [0.25, 0.3) is 0 Å². The zero-order chi connectivity index (χ0) is 35.4. The Morgan fingerprint density at radius 3 is 2.28 bits per heavy atom. The largest absolute Gasteiger partial charge is 0.392 e. The van der Waals surface area contributed by atoms with Crippen molar-refractivity contribution in [3.63, 3.8) is 0 Å². The number of piperidine rings is 1. The summed E-state index contributed by atoms with van der Waals surface area (Å²) >= 11 is 0. The van der Waals surface area contributed by atoms with Crippen molar-refractivity contribution in [1.29, 1.82) is 0 Å². The molecule has 3 N–H and O–H groups in total. The summed E-state index contributed by atoms with van der Waals surface area (Å²) < 4.78 is 13.8. The maximum atomic E-state index is 13.8. The molecule has 3 aliphatic rings. The van der Waals surface area contributed by atoms with E-state index >= 15 is 0 Å². The van der Waals surface area contributed by atoms with E-state index in [9.17, 15) is 14.7 Å². The number of ether oxygens (including phenoxy) is 2. The Hall–Kier alpha value is -3.56. The smallest absolute Gasteiger partial charge is 0.237 e. The Bertz CT molecular complexity index is 1600. The molecule has 2 saturated heterocycles. The third-order valence-electron chi connectivity index (χ3n) is 10.9. The van der Waals surface area contributed by atoms with E-state index in [1.807, 2.05) is 30.3 Å². The molecule has 1 aliphatic carbocycles. The number of likely N-dealkylation sites (tertiary alicyclic amines) is 1. The first-order chi connectivity index (χ1) is 24.0. The van der Waals surface area contributed by atoms with Crippen molar-refractivity contribution in [2.45, 2.75) is 122 Å². The summed E-state index contributed by atoms with van der Waals surface area (Å²) in [5.41, 5.74) is 5.70. The van der Waals surface area contributed by atoms with Crippen LogP contribution in [-0.2, 0) is 32.2 Å². The van der Waals surface area contributed by atoms with Gasteiger partial charge in [-0.1, -0.05) is 92.6 Å². The molecule has 3 aromatic rings. The zero-order valence-electron chi connectivity index (χ0n) is 30.4. The second-order valence-corrected chi connectivity index (χ2v) is 15.7. The number of amides is 2. The fourth-order valence-electron chi connectivity index (χ4n) is 8.26. The van der Waals surface area contributed by atoms with Crippen LogP contribution in [0.3, 0.4) is 0 Å². The van der Waals surface area contributed by atoms with Crippen LogP contribution in [0.1, 0.15) is 108 Å². The molecule has 2 amide bonds. The molecule has 50 heavy (non-hydrogen) atoms. The highest BCUT2D eigenvalue weighted by Crippen LogP contribution is 2.44. The van der Waals surface area contributed by atoms with Gasteiger partial charge in [0.2, 0.25) is 11.8 Å². The number of carbonyl (C=O) groups is 2. The average Bonchev–Trinajstić information content (AvgIpc) is 3.11. The first-order valence-electron chi connectivity index (χ1n) is 18.5. The summed E-state index contributed by atoms with van der Waals surface area (Å²) in [7, 11) is 0. The Labute approximate surface area is 297 Å². The number of nitrogens with one attached hydrogen (secondary N) is 2. The van der Waals surface area contributed by atoms with E-state index < -0.39 is 6.29 Å². The first-order valence-corrected chi connectivity index (χ1v) is 18.5. The fraction of sp³-hybridized carbons (Fsp3) is 0.524. The highest BCUT2D eigenvalue weighted by molar-refractivity contribution is 5.82. The molecule has 7 atom stereocenters. The summed E-state index contributed by atoms with van der Waals surface area (Å²) in [6.45, 7) is 11.0. The lowest BCUT2D eigenvalue weighted by molar-refractivity contribution is -0.278. The monoisotopic (exact) mass is 681 g/mol. The quantitative estimate of drug-likeness (QED) is 0.221. The molecule has 1 saturated carbocycles. The van der Waals surface area contributed by atoms with Gasteiger partial charge in [0.15, 0.2) is 6.29 Å². The number of rotatable bonds is 9. The van der Waals surface area contributed by atoms with Crippen LogP contribution in [-0.4, -0.2) is 52.1 Å². The van der Waals surface area contributed by atoms with Crippen molar-refractivity contribution >= 4 is 11.8 Å². The van der Waals surface area contributed by atoms with Crippen molar-refractivity contribution in [3.8, 4) is 11.1 Å². The van der Waals surface area contributed by atoms with Crippen molar-refractivity contribution < 1.29 is 24.2 Å². The normalized spacial score (nSPS) is 27.3. The highest BCUT2D eigenvalue weighted by Gasteiger charge is 2.46. The second kappa shape index (κ2) is 15.8. The number of aliphatic hydroxyl groups excluding tert-OH is 1. The van der Waals surface area contributed by atoms with Gasteiger partial charge >= 0.3 is 0 Å². The Morgan fingerprint density at radius 1 is 0.880 bits per heavy atom. The predicted molar refractivity (Wildman–Crippen MR) is 196 cm³/mol. The Morgan fingerprint density at radius 2 is 1.58 bits per heavy atom. The maximum Gasteiger partial charge on any atom is 0.237 e. The number of hydrogen-bond donors (Lipinski definition) is 3. The van der Waals surface area contributed by atoms with Crippen LogP contribution in [0.25, 0.3) is 11.1 Å². The summed E-state index contributed by atoms with van der Waals surface area (Å²) in [5.74, 6) is 0.678. The summed E-state index contributed by atoms with van der Waals surface area (Å²) in [5, 5.41) is 15.9. The van der Waals surface area contributed by atoms with E-state index in [-0.39, 0.29) is 48.1 Å². The second-order valence-electron chi connectivity index (χ2n) is 15.7. The molecule has 3 aromatic carbocycles. The van der Waals surface area contributed by atoms with E-state index in [0.29, 0.717) is 25.0 Å². The minimum atomic E-state index is -0.601. The molecule has 0 bridgehead atoms. The standard InChI is InChI=1S/C42H55N3O5/c1-27-38(25-45-36-13-9-7-10-31(36)22-23-37(45)40(48)44-42(3,4)5)49-41(50-39(27)32-16-14-29(26-46)15-17-32)33-20-18-30(19-21-33)35-12-8-6-11-34(35)24-43-28(2)47/h6,8,11-12,14-21,27,31,36-39,41,46H,7,9-10,13,22-26H2,1-5H3,(H,43,47)(H,44,48). The van der Waals surface area contributed by atoms with Gasteiger partial charge in [-0.15, -0.1) is 0 Å². The van der Waals surface area contributed by atoms with E-state index in [0.717, 1.165) is 52.6 Å². The number of carbonyl (C=O) groups excluding carboxylic acids is 2. The molecule has 3 fully saturated rings. The average molecular weight is 682 g/mol. The molecule has 7 unspecified atom stereocenters. The molecule has 268 valence electrons. The van der Waals surface area contributed by atoms with Crippen molar-refractivity contribution in [1.82, 2.24) is 15.5 Å². The minimum absolute atomic E-state index is 0.00839. The van der Waals surface area contributed by atoms with Gasteiger partial charge in [-0.25, -0.2) is 0 Å². The summed E-state index contributed by atoms with van der Waals surface area (Å²) in [6, 6.07) is 24.7. The number of benzene rings is 3. The van der Waals surface area contributed by atoms with E-state index in [1.165, 1.54) is 26.2 Å². The first kappa shape index (κ1) is 36.2. The zero-order valence-corrected chi connectivity index (χ0v) is 30.4. The molecular weight excluding hydrogens is 626 g/mol. The number of aliphatic hydroxyl groups is 1. The van der Waals surface area contributed by atoms with Gasteiger partial charge in [-0.3, -0.25) is 14.5 Å². The van der Waals surface area contributed by atoms with Crippen LogP contribution in [0, 0.1) is 11.8 Å².